The highest BCUT2D eigenvalue weighted by Crippen LogP contribution is 2.24. The summed E-state index contributed by atoms with van der Waals surface area (Å²) in [7, 11) is 0.550. The first-order valence-electron chi connectivity index (χ1n) is 6.35. The molecule has 0 atom stereocenters. The van der Waals surface area contributed by atoms with Crippen LogP contribution in [0, 0.1) is 0 Å². The van der Waals surface area contributed by atoms with Crippen LogP contribution < -0.4 is 14.8 Å². The minimum absolute atomic E-state index is 0.0722. The predicted octanol–water partition coefficient (Wildman–Crippen LogP) is 0.370. The van der Waals surface area contributed by atoms with Crippen LogP contribution in [-0.2, 0) is 14.8 Å². The monoisotopic (exact) mass is 316 g/mol. The van der Waals surface area contributed by atoms with Gasteiger partial charge in [-0.15, -0.1) is 0 Å². The second-order valence-corrected chi connectivity index (χ2v) is 6.03. The number of methoxy groups -OCH3 is 2. The van der Waals surface area contributed by atoms with Crippen molar-refractivity contribution in [2.75, 3.05) is 34.4 Å². The van der Waals surface area contributed by atoms with Gasteiger partial charge in [0.05, 0.1) is 7.11 Å². The molecule has 0 unspecified atom stereocenters. The smallest absolute Gasteiger partial charge is 0.251 e. The SMILES string of the molecule is CNS(=O)(=O)c1cc(C(=O)NCCCOC)ccc1OC. The molecule has 0 radical (unpaired) electrons. The van der Waals surface area contributed by atoms with Crippen molar-refractivity contribution in [3.8, 4) is 5.75 Å². The van der Waals surface area contributed by atoms with E-state index in [0.29, 0.717) is 19.6 Å². The second-order valence-electron chi connectivity index (χ2n) is 4.18. The minimum Gasteiger partial charge on any atom is -0.495 e. The predicted molar refractivity (Wildman–Crippen MR) is 78.1 cm³/mol. The van der Waals surface area contributed by atoms with Crippen LogP contribution >= 0.6 is 0 Å². The summed E-state index contributed by atoms with van der Waals surface area (Å²) in [4.78, 5) is 11.9. The van der Waals surface area contributed by atoms with Crippen LogP contribution in [0.15, 0.2) is 23.1 Å². The zero-order valence-electron chi connectivity index (χ0n) is 12.3. The van der Waals surface area contributed by atoms with Crippen LogP contribution in [0.25, 0.3) is 0 Å². The number of rotatable bonds is 8. The molecule has 1 aromatic rings. The maximum absolute atomic E-state index is 12.0. The van der Waals surface area contributed by atoms with E-state index in [1.54, 1.807) is 7.11 Å². The fraction of sp³-hybridized carbons (Fsp3) is 0.462. The maximum Gasteiger partial charge on any atom is 0.251 e. The zero-order chi connectivity index (χ0) is 15.9. The van der Waals surface area contributed by atoms with Gasteiger partial charge in [0, 0.05) is 25.8 Å². The van der Waals surface area contributed by atoms with Crippen molar-refractivity contribution in [3.05, 3.63) is 23.8 Å². The van der Waals surface area contributed by atoms with Crippen LogP contribution in [0.2, 0.25) is 0 Å². The van der Waals surface area contributed by atoms with Crippen molar-refractivity contribution in [2.45, 2.75) is 11.3 Å². The average Bonchev–Trinajstić information content (AvgIpc) is 2.50. The molecule has 0 spiro atoms. The lowest BCUT2D eigenvalue weighted by Crippen LogP contribution is -2.26. The molecule has 118 valence electrons. The normalized spacial score (nSPS) is 11.2. The fourth-order valence-electron chi connectivity index (χ4n) is 1.66. The lowest BCUT2D eigenvalue weighted by atomic mass is 10.2. The van der Waals surface area contributed by atoms with Crippen molar-refractivity contribution >= 4 is 15.9 Å². The third kappa shape index (κ3) is 4.69. The topological polar surface area (TPSA) is 93.7 Å². The van der Waals surface area contributed by atoms with Gasteiger partial charge in [-0.05, 0) is 31.7 Å². The Labute approximate surface area is 124 Å². The second kappa shape index (κ2) is 7.96. The largest absolute Gasteiger partial charge is 0.495 e. The summed E-state index contributed by atoms with van der Waals surface area (Å²) in [6.45, 7) is 0.995. The molecule has 1 amide bonds. The van der Waals surface area contributed by atoms with Crippen molar-refractivity contribution in [1.82, 2.24) is 10.0 Å². The summed E-state index contributed by atoms with van der Waals surface area (Å²) >= 11 is 0. The molecule has 0 fully saturated rings. The van der Waals surface area contributed by atoms with Gasteiger partial charge in [0.2, 0.25) is 10.0 Å². The minimum atomic E-state index is -3.70. The van der Waals surface area contributed by atoms with Crippen LogP contribution in [-0.4, -0.2) is 48.7 Å². The van der Waals surface area contributed by atoms with Gasteiger partial charge in [-0.25, -0.2) is 13.1 Å². The quantitative estimate of drug-likeness (QED) is 0.676. The van der Waals surface area contributed by atoms with E-state index < -0.39 is 10.0 Å². The Hall–Kier alpha value is -1.64. The van der Waals surface area contributed by atoms with Crippen molar-refractivity contribution in [2.24, 2.45) is 0 Å². The number of nitrogens with one attached hydrogen (secondary N) is 2. The summed E-state index contributed by atoms with van der Waals surface area (Å²) in [6.07, 6.45) is 0.681. The maximum atomic E-state index is 12.0. The standard InChI is InChI=1S/C13H20N2O5S/c1-14-21(17,18)12-9-10(5-6-11(12)20-3)13(16)15-7-4-8-19-2/h5-6,9,14H,4,7-8H2,1-3H3,(H,15,16). The van der Waals surface area contributed by atoms with Gasteiger partial charge in [-0.1, -0.05) is 0 Å². The number of carbonyl (C=O) groups is 1. The number of carbonyl (C=O) groups excluding carboxylic acids is 1. The molecule has 1 rings (SSSR count). The number of sulfonamides is 1. The first-order chi connectivity index (χ1) is 9.96. The van der Waals surface area contributed by atoms with Gasteiger partial charge in [0.15, 0.2) is 0 Å². The molecule has 0 saturated carbocycles. The molecule has 2 N–H and O–H groups in total. The molecule has 0 aliphatic carbocycles. The molecule has 0 bridgehead atoms. The number of hydrogen-bond donors (Lipinski definition) is 2. The van der Waals surface area contributed by atoms with E-state index in [0.717, 1.165) is 0 Å². The third-order valence-corrected chi connectivity index (χ3v) is 4.23. The average molecular weight is 316 g/mol. The van der Waals surface area contributed by atoms with E-state index in [9.17, 15) is 13.2 Å². The van der Waals surface area contributed by atoms with Crippen LogP contribution in [0.5, 0.6) is 5.75 Å². The summed E-state index contributed by atoms with van der Waals surface area (Å²) in [5.74, 6) is -0.165. The van der Waals surface area contributed by atoms with Crippen molar-refractivity contribution in [1.29, 1.82) is 0 Å². The molecule has 0 saturated heterocycles. The van der Waals surface area contributed by atoms with Gasteiger partial charge < -0.3 is 14.8 Å². The van der Waals surface area contributed by atoms with Crippen LogP contribution in [0.3, 0.4) is 0 Å². The molecule has 1 aromatic carbocycles. The van der Waals surface area contributed by atoms with Crippen LogP contribution in [0.1, 0.15) is 16.8 Å². The van der Waals surface area contributed by atoms with E-state index >= 15 is 0 Å². The first kappa shape index (κ1) is 17.4. The highest BCUT2D eigenvalue weighted by molar-refractivity contribution is 7.89. The molecule has 0 heterocycles. The summed E-state index contributed by atoms with van der Waals surface area (Å²) in [5, 5.41) is 2.69. The summed E-state index contributed by atoms with van der Waals surface area (Å²) in [5.41, 5.74) is 0.252. The van der Waals surface area contributed by atoms with Crippen molar-refractivity contribution in [3.63, 3.8) is 0 Å². The first-order valence-corrected chi connectivity index (χ1v) is 7.83. The molecule has 0 aliphatic heterocycles. The highest BCUT2D eigenvalue weighted by Gasteiger charge is 2.19. The van der Waals surface area contributed by atoms with Gasteiger partial charge in [0.1, 0.15) is 10.6 Å². The number of hydrogen-bond acceptors (Lipinski definition) is 5. The van der Waals surface area contributed by atoms with Crippen molar-refractivity contribution < 1.29 is 22.7 Å². The third-order valence-electron chi connectivity index (χ3n) is 2.79. The zero-order valence-corrected chi connectivity index (χ0v) is 13.1. The Morgan fingerprint density at radius 3 is 2.57 bits per heavy atom. The Balaban J connectivity index is 2.95. The summed E-state index contributed by atoms with van der Waals surface area (Å²) in [6, 6.07) is 4.25. The molecule has 0 aliphatic rings. The lowest BCUT2D eigenvalue weighted by molar-refractivity contribution is 0.0948. The molecular formula is C13H20N2O5S. The lowest BCUT2D eigenvalue weighted by Gasteiger charge is -2.11. The number of benzene rings is 1. The fourth-order valence-corrected chi connectivity index (χ4v) is 2.58. The van der Waals surface area contributed by atoms with E-state index in [4.69, 9.17) is 9.47 Å². The van der Waals surface area contributed by atoms with E-state index in [2.05, 4.69) is 10.0 Å². The highest BCUT2D eigenvalue weighted by atomic mass is 32.2. The van der Waals surface area contributed by atoms with Crippen LogP contribution in [0.4, 0.5) is 0 Å². The Kier molecular flexibility index (Phi) is 6.60. The van der Waals surface area contributed by atoms with Gasteiger partial charge in [-0.2, -0.15) is 0 Å². The number of ether oxygens (including phenoxy) is 2. The van der Waals surface area contributed by atoms with E-state index in [-0.39, 0.29) is 22.1 Å². The Morgan fingerprint density at radius 2 is 2.00 bits per heavy atom. The molecule has 0 aromatic heterocycles. The molecular weight excluding hydrogens is 296 g/mol. The molecule has 7 nitrogen and oxygen atoms in total. The van der Waals surface area contributed by atoms with E-state index in [1.807, 2.05) is 0 Å². The van der Waals surface area contributed by atoms with Gasteiger partial charge in [0.25, 0.3) is 5.91 Å². The van der Waals surface area contributed by atoms with E-state index in [1.165, 1.54) is 32.4 Å². The summed E-state index contributed by atoms with van der Waals surface area (Å²) < 4.78 is 35.9. The molecule has 8 heteroatoms. The van der Waals surface area contributed by atoms with Gasteiger partial charge >= 0.3 is 0 Å². The Bertz CT molecular complexity index is 586. The Morgan fingerprint density at radius 1 is 1.29 bits per heavy atom. The van der Waals surface area contributed by atoms with Gasteiger partial charge in [-0.3, -0.25) is 4.79 Å². The number of amides is 1. The molecule has 21 heavy (non-hydrogen) atoms.